The first-order chi connectivity index (χ1) is 19.5. The number of alkyl halides is 7. The van der Waals surface area contributed by atoms with Crippen LogP contribution < -0.4 is 0 Å². The molecule has 2 aliphatic rings. The number of aryl methyl sites for hydroxylation is 1. The molecule has 2 fully saturated rings. The van der Waals surface area contributed by atoms with E-state index in [1.807, 2.05) is 0 Å². The average molecular weight is 622 g/mol. The van der Waals surface area contributed by atoms with Gasteiger partial charge in [-0.2, -0.15) is 26.3 Å². The Bertz CT molecular complexity index is 1320. The summed E-state index contributed by atoms with van der Waals surface area (Å²) in [7, 11) is -0.593. The Morgan fingerprint density at radius 2 is 1.48 bits per heavy atom. The van der Waals surface area contributed by atoms with Gasteiger partial charge in [0.25, 0.3) is 0 Å². The van der Waals surface area contributed by atoms with E-state index in [-0.39, 0.29) is 42.9 Å². The van der Waals surface area contributed by atoms with Gasteiger partial charge >= 0.3 is 24.0 Å². The van der Waals surface area contributed by atoms with E-state index in [0.29, 0.717) is 42.7 Å². The van der Waals surface area contributed by atoms with Crippen LogP contribution in [0, 0.1) is 18.8 Å². The monoisotopic (exact) mass is 621 g/mol. The van der Waals surface area contributed by atoms with Gasteiger partial charge in [0.1, 0.15) is 0 Å². The van der Waals surface area contributed by atoms with Crippen LogP contribution in [-0.2, 0) is 35.5 Å². The number of carbonyl (C=O) groups excluding carboxylic acids is 2. The van der Waals surface area contributed by atoms with Gasteiger partial charge in [0.05, 0.1) is 28.6 Å². The molecule has 0 N–H and O–H groups in total. The largest absolute Gasteiger partial charge is 0.469 e. The smallest absolute Gasteiger partial charge is 0.435 e. The number of nitrogens with zero attached hydrogens (tertiary/aromatic N) is 1. The zero-order valence-electron chi connectivity index (χ0n) is 22.9. The summed E-state index contributed by atoms with van der Waals surface area (Å²) >= 11 is 0. The van der Waals surface area contributed by atoms with Crippen LogP contribution in [-0.4, -0.2) is 53.5 Å². The Balaban J connectivity index is 1.68. The molecule has 1 heterocycles. The van der Waals surface area contributed by atoms with Crippen LogP contribution in [0.4, 0.5) is 30.7 Å². The minimum atomic E-state index is -6.27. The first-order valence-corrected chi connectivity index (χ1v) is 14.5. The molecule has 13 heteroatoms. The van der Waals surface area contributed by atoms with Gasteiger partial charge in [0.15, 0.2) is 0 Å². The van der Waals surface area contributed by atoms with Crippen LogP contribution in [0.15, 0.2) is 53.4 Å². The fourth-order valence-electron chi connectivity index (χ4n) is 5.91. The van der Waals surface area contributed by atoms with Crippen LogP contribution in [0.25, 0.3) is 0 Å². The third-order valence-corrected chi connectivity index (χ3v) is 10.3. The van der Waals surface area contributed by atoms with E-state index in [2.05, 4.69) is 0 Å². The molecule has 1 amide bonds. The van der Waals surface area contributed by atoms with Gasteiger partial charge in [0, 0.05) is 29.5 Å². The van der Waals surface area contributed by atoms with Crippen molar-refractivity contribution in [3.8, 4) is 0 Å². The zero-order chi connectivity index (χ0) is 31.1. The number of amides is 1. The van der Waals surface area contributed by atoms with Crippen LogP contribution in [0.3, 0.4) is 0 Å². The average Bonchev–Trinajstić information content (AvgIpc) is 3.41. The van der Waals surface area contributed by atoms with Crippen LogP contribution in [0.2, 0.25) is 0 Å². The molecule has 1 saturated heterocycles. The van der Waals surface area contributed by atoms with Gasteiger partial charge in [-0.25, -0.2) is 4.39 Å². The highest BCUT2D eigenvalue weighted by Gasteiger charge is 2.73. The molecule has 2 aromatic carbocycles. The van der Waals surface area contributed by atoms with Crippen LogP contribution >= 0.6 is 0 Å². The van der Waals surface area contributed by atoms with E-state index < -0.39 is 45.0 Å². The molecular weight excluding hydrogens is 591 g/mol. The van der Waals surface area contributed by atoms with Gasteiger partial charge < -0.3 is 9.64 Å². The normalized spacial score (nSPS) is 24.4. The number of benzene rings is 2. The number of esters is 1. The summed E-state index contributed by atoms with van der Waals surface area (Å²) < 4.78 is 112. The summed E-state index contributed by atoms with van der Waals surface area (Å²) in [5.74, 6) is -1.27. The maximum Gasteiger partial charge on any atom is 0.435 e. The van der Waals surface area contributed by atoms with Crippen molar-refractivity contribution in [2.45, 2.75) is 66.7 Å². The summed E-state index contributed by atoms with van der Waals surface area (Å²) in [5, 5.41) is 0. The van der Waals surface area contributed by atoms with E-state index in [0.717, 1.165) is 17.7 Å². The Labute approximate surface area is 240 Å². The molecule has 0 radical (unpaired) electrons. The Hall–Kier alpha value is -2.96. The van der Waals surface area contributed by atoms with E-state index in [9.17, 15) is 44.5 Å². The second-order valence-electron chi connectivity index (χ2n) is 10.9. The molecule has 0 spiro atoms. The van der Waals surface area contributed by atoms with E-state index in [1.54, 1.807) is 31.2 Å². The van der Waals surface area contributed by atoms with Crippen molar-refractivity contribution in [3.05, 3.63) is 65.2 Å². The van der Waals surface area contributed by atoms with Gasteiger partial charge in [-0.3, -0.25) is 13.8 Å². The lowest BCUT2D eigenvalue weighted by Gasteiger charge is -2.33. The molecule has 1 saturated carbocycles. The van der Waals surface area contributed by atoms with E-state index >= 15 is 0 Å². The Morgan fingerprint density at radius 1 is 0.905 bits per heavy atom. The number of rotatable bonds is 6. The maximum atomic E-state index is 14.7. The highest BCUT2D eigenvalue weighted by Crippen LogP contribution is 2.53. The number of methoxy groups -OCH3 is 1. The predicted octanol–water partition coefficient (Wildman–Crippen LogP) is 6.50. The van der Waals surface area contributed by atoms with Crippen molar-refractivity contribution >= 4 is 22.7 Å². The third-order valence-electron chi connectivity index (χ3n) is 8.30. The molecule has 1 aliphatic carbocycles. The minimum absolute atomic E-state index is 0.107. The number of carbonyl (C=O) groups is 2. The van der Waals surface area contributed by atoms with Crippen molar-refractivity contribution in [1.82, 2.24) is 4.90 Å². The SMILES string of the molecule is COC(=O)C1CCC(C(=O)N2CCC(c3ccc(C(F)(C(F)(F)F)C(F)(F)F)cc3)(S(=O)c3cccc(C)c3)C2)CC1. The molecule has 230 valence electrons. The summed E-state index contributed by atoms with van der Waals surface area (Å²) in [6.45, 7) is 1.81. The van der Waals surface area contributed by atoms with Gasteiger partial charge in [-0.1, -0.05) is 36.4 Å². The first-order valence-electron chi connectivity index (χ1n) is 13.3. The quantitative estimate of drug-likeness (QED) is 0.273. The molecule has 42 heavy (non-hydrogen) atoms. The highest BCUT2D eigenvalue weighted by molar-refractivity contribution is 7.86. The number of halogens is 7. The molecule has 0 aromatic heterocycles. The highest BCUT2D eigenvalue weighted by atomic mass is 32.2. The Morgan fingerprint density at radius 3 is 2.00 bits per heavy atom. The van der Waals surface area contributed by atoms with Crippen molar-refractivity contribution < 1.29 is 49.3 Å². The van der Waals surface area contributed by atoms with Gasteiger partial charge in [-0.05, 0) is 62.3 Å². The summed E-state index contributed by atoms with van der Waals surface area (Å²) in [5.41, 5.74) is -6.34. The molecule has 5 nitrogen and oxygen atoms in total. The van der Waals surface area contributed by atoms with Crippen molar-refractivity contribution in [2.75, 3.05) is 20.2 Å². The lowest BCUT2D eigenvalue weighted by atomic mass is 9.81. The van der Waals surface area contributed by atoms with E-state index in [1.165, 1.54) is 12.0 Å². The van der Waals surface area contributed by atoms with Crippen molar-refractivity contribution in [1.29, 1.82) is 0 Å². The lowest BCUT2D eigenvalue weighted by Crippen LogP contribution is -2.50. The molecule has 1 aliphatic heterocycles. The second-order valence-corrected chi connectivity index (χ2v) is 12.7. The third kappa shape index (κ3) is 5.68. The second kappa shape index (κ2) is 11.6. The molecule has 2 aromatic rings. The zero-order valence-corrected chi connectivity index (χ0v) is 23.7. The lowest BCUT2D eigenvalue weighted by molar-refractivity contribution is -0.348. The fourth-order valence-corrected chi connectivity index (χ4v) is 7.76. The molecule has 2 atom stereocenters. The predicted molar refractivity (Wildman–Crippen MR) is 139 cm³/mol. The minimum Gasteiger partial charge on any atom is -0.469 e. The maximum absolute atomic E-state index is 14.7. The van der Waals surface area contributed by atoms with Gasteiger partial charge in [0.2, 0.25) is 5.91 Å². The summed E-state index contributed by atoms with van der Waals surface area (Å²) in [4.78, 5) is 27.2. The standard InChI is InChI=1S/C29H30F7NO4S/c1-18-4-3-5-23(16-18)42(40)26(21-10-12-22(13-11-21)27(30,28(31,32)33)29(34,35)36)14-15-37(17-26)24(38)19-6-8-20(9-7-19)25(39)41-2/h3-5,10-13,16,19-20H,6-9,14-15,17H2,1-2H3. The topological polar surface area (TPSA) is 63.7 Å². The first kappa shape index (κ1) is 32.0. The number of hydrogen-bond donors (Lipinski definition) is 0. The number of hydrogen-bond acceptors (Lipinski definition) is 4. The van der Waals surface area contributed by atoms with Crippen LogP contribution in [0.1, 0.15) is 48.8 Å². The number of ether oxygens (including phenoxy) is 1. The summed E-state index contributed by atoms with van der Waals surface area (Å²) in [6.07, 6.45) is -10.6. The molecule has 0 bridgehead atoms. The van der Waals surface area contributed by atoms with Crippen LogP contribution in [0.5, 0.6) is 0 Å². The Kier molecular flexibility index (Phi) is 8.84. The number of likely N-dealkylation sites (tertiary alicyclic amines) is 1. The van der Waals surface area contributed by atoms with E-state index in [4.69, 9.17) is 4.74 Å². The molecule has 2 unspecified atom stereocenters. The summed E-state index contributed by atoms with van der Waals surface area (Å²) in [6, 6.07) is 9.40. The van der Waals surface area contributed by atoms with Crippen molar-refractivity contribution in [3.63, 3.8) is 0 Å². The molecule has 4 rings (SSSR count). The fraction of sp³-hybridized carbons (Fsp3) is 0.517. The molecular formula is C29H30F7NO4S. The van der Waals surface area contributed by atoms with Gasteiger partial charge in [-0.15, -0.1) is 0 Å². The van der Waals surface area contributed by atoms with Crippen molar-refractivity contribution in [2.24, 2.45) is 11.8 Å².